The summed E-state index contributed by atoms with van der Waals surface area (Å²) in [6.07, 6.45) is 0. The third kappa shape index (κ3) is 3.31. The van der Waals surface area contributed by atoms with Gasteiger partial charge in [-0.25, -0.2) is 8.42 Å². The fourth-order valence-electron chi connectivity index (χ4n) is 0.726. The Morgan fingerprint density at radius 2 is 2.25 bits per heavy atom. The molecule has 0 bridgehead atoms. The Balaban J connectivity index is 2.68. The molecule has 1 aromatic heterocycles. The average Bonchev–Trinajstić information content (AvgIpc) is 2.32. The lowest BCUT2D eigenvalue weighted by molar-refractivity contribution is 0.608. The molecule has 6 heteroatoms. The maximum absolute atomic E-state index is 10.6. The van der Waals surface area contributed by atoms with Crippen LogP contribution in [0.3, 0.4) is 0 Å². The van der Waals surface area contributed by atoms with Gasteiger partial charge in [0, 0.05) is 15.6 Å². The number of alkyl halides is 1. The van der Waals surface area contributed by atoms with Crippen molar-refractivity contribution in [3.8, 4) is 0 Å². The molecule has 0 saturated heterocycles. The molecule has 0 radical (unpaired) electrons. The lowest BCUT2D eigenvalue weighted by Gasteiger charge is -2.02. The third-order valence-corrected chi connectivity index (χ3v) is 3.99. The Morgan fingerprint density at radius 1 is 1.58 bits per heavy atom. The first-order valence-corrected chi connectivity index (χ1v) is 6.88. The molecule has 0 fully saturated rings. The van der Waals surface area contributed by atoms with Gasteiger partial charge in [0.2, 0.25) is 9.05 Å². The maximum atomic E-state index is 10.6. The zero-order valence-electron chi connectivity index (χ0n) is 5.91. The predicted molar refractivity (Wildman–Crippen MR) is 52.6 cm³/mol. The van der Waals surface area contributed by atoms with Crippen molar-refractivity contribution in [3.63, 3.8) is 0 Å². The molecule has 68 valence electrons. The Labute approximate surface area is 84.5 Å². The molecule has 0 aliphatic carbocycles. The molecule has 2 nitrogen and oxygen atoms in total. The van der Waals surface area contributed by atoms with E-state index in [1.54, 1.807) is 6.07 Å². The highest BCUT2D eigenvalue weighted by Crippen LogP contribution is 2.27. The molecule has 1 unspecified atom stereocenters. The number of rotatable bonds is 3. The van der Waals surface area contributed by atoms with Crippen LogP contribution in [0.5, 0.6) is 0 Å². The highest BCUT2D eigenvalue weighted by Gasteiger charge is 2.16. The first kappa shape index (κ1) is 10.3. The summed E-state index contributed by atoms with van der Waals surface area (Å²) in [6.45, 7) is 0. The van der Waals surface area contributed by atoms with E-state index in [1.807, 2.05) is 11.4 Å². The van der Waals surface area contributed by atoms with Crippen molar-refractivity contribution in [2.45, 2.75) is 5.38 Å². The number of thiophene rings is 1. The number of hydrogen-bond acceptors (Lipinski definition) is 3. The van der Waals surface area contributed by atoms with Gasteiger partial charge in [-0.3, -0.25) is 0 Å². The smallest absolute Gasteiger partial charge is 0.212 e. The van der Waals surface area contributed by atoms with Crippen molar-refractivity contribution in [3.05, 3.63) is 22.4 Å². The first-order valence-electron chi connectivity index (χ1n) is 3.09. The minimum Gasteiger partial charge on any atom is -0.212 e. The molecule has 1 heterocycles. The molecule has 12 heavy (non-hydrogen) atoms. The van der Waals surface area contributed by atoms with Crippen molar-refractivity contribution in [2.24, 2.45) is 0 Å². The molecule has 1 aromatic rings. The maximum Gasteiger partial charge on any atom is 0.234 e. The summed E-state index contributed by atoms with van der Waals surface area (Å²) >= 11 is 7.20. The Hall–Kier alpha value is 0.230. The Bertz CT molecular complexity index is 330. The summed E-state index contributed by atoms with van der Waals surface area (Å²) in [6, 6.07) is 3.60. The number of hydrogen-bond donors (Lipinski definition) is 0. The molecule has 1 rings (SSSR count). The molecule has 0 aliphatic rings. The van der Waals surface area contributed by atoms with E-state index in [-0.39, 0.29) is 5.75 Å². The van der Waals surface area contributed by atoms with Crippen molar-refractivity contribution in [1.82, 2.24) is 0 Å². The quantitative estimate of drug-likeness (QED) is 0.606. The highest BCUT2D eigenvalue weighted by molar-refractivity contribution is 8.13. The van der Waals surface area contributed by atoms with Crippen LogP contribution in [-0.2, 0) is 9.05 Å². The molecule has 1 atom stereocenters. The second kappa shape index (κ2) is 3.96. The van der Waals surface area contributed by atoms with E-state index in [4.69, 9.17) is 22.3 Å². The van der Waals surface area contributed by atoms with E-state index in [9.17, 15) is 8.42 Å². The Kier molecular flexibility index (Phi) is 3.40. The van der Waals surface area contributed by atoms with Crippen LogP contribution >= 0.6 is 33.6 Å². The van der Waals surface area contributed by atoms with Gasteiger partial charge in [-0.05, 0) is 11.4 Å². The first-order chi connectivity index (χ1) is 5.49. The second-order valence-electron chi connectivity index (χ2n) is 2.19. The van der Waals surface area contributed by atoms with Crippen molar-refractivity contribution < 1.29 is 8.42 Å². The highest BCUT2D eigenvalue weighted by atomic mass is 35.7. The molecule has 0 saturated carbocycles. The van der Waals surface area contributed by atoms with Crippen molar-refractivity contribution in [1.29, 1.82) is 0 Å². The molecule has 0 spiro atoms. The zero-order valence-corrected chi connectivity index (χ0v) is 9.05. The van der Waals surface area contributed by atoms with Crippen molar-refractivity contribution >= 4 is 42.7 Å². The normalized spacial score (nSPS) is 14.5. The van der Waals surface area contributed by atoms with Gasteiger partial charge in [-0.2, -0.15) is 0 Å². The van der Waals surface area contributed by atoms with Gasteiger partial charge in [0.25, 0.3) is 0 Å². The lowest BCUT2D eigenvalue weighted by atomic mass is 10.4. The summed E-state index contributed by atoms with van der Waals surface area (Å²) in [5.41, 5.74) is 0. The van der Waals surface area contributed by atoms with Gasteiger partial charge in [0.15, 0.2) is 0 Å². The van der Waals surface area contributed by atoms with E-state index in [1.165, 1.54) is 11.3 Å². The zero-order chi connectivity index (χ0) is 9.19. The van der Waals surface area contributed by atoms with Gasteiger partial charge in [-0.1, -0.05) is 6.07 Å². The SMILES string of the molecule is O=S(=O)(Cl)CC(Cl)c1cccs1. The Morgan fingerprint density at radius 3 is 2.67 bits per heavy atom. The van der Waals surface area contributed by atoms with Gasteiger partial charge in [0.1, 0.15) is 0 Å². The summed E-state index contributed by atoms with van der Waals surface area (Å²) in [4.78, 5) is 0.820. The van der Waals surface area contributed by atoms with Gasteiger partial charge >= 0.3 is 0 Å². The fourth-order valence-corrected chi connectivity index (χ4v) is 3.36. The van der Waals surface area contributed by atoms with Crippen LogP contribution < -0.4 is 0 Å². The predicted octanol–water partition coefficient (Wildman–Crippen LogP) is 2.60. The van der Waals surface area contributed by atoms with Crippen LogP contribution in [0, 0.1) is 0 Å². The van der Waals surface area contributed by atoms with Crippen LogP contribution in [0.4, 0.5) is 0 Å². The van der Waals surface area contributed by atoms with Crippen LogP contribution in [0.15, 0.2) is 17.5 Å². The summed E-state index contributed by atoms with van der Waals surface area (Å²) in [5.74, 6) is -0.226. The fraction of sp³-hybridized carbons (Fsp3) is 0.333. The number of halogens is 2. The summed E-state index contributed by atoms with van der Waals surface area (Å²) in [5, 5.41) is 1.30. The standard InChI is InChI=1S/C6H6Cl2O2S2/c7-5(4-12(8,9)10)6-2-1-3-11-6/h1-3,5H,4H2. The largest absolute Gasteiger partial charge is 0.234 e. The van der Waals surface area contributed by atoms with Crippen molar-refractivity contribution in [2.75, 3.05) is 5.75 Å². The van der Waals surface area contributed by atoms with E-state index < -0.39 is 14.4 Å². The summed E-state index contributed by atoms with van der Waals surface area (Å²) in [7, 11) is 1.53. The average molecular weight is 245 g/mol. The van der Waals surface area contributed by atoms with Crippen LogP contribution in [-0.4, -0.2) is 14.2 Å². The van der Waals surface area contributed by atoms with E-state index in [0.29, 0.717) is 0 Å². The lowest BCUT2D eigenvalue weighted by Crippen LogP contribution is -2.03. The van der Waals surface area contributed by atoms with E-state index >= 15 is 0 Å². The molecule has 0 N–H and O–H groups in total. The van der Waals surface area contributed by atoms with Gasteiger partial charge in [0.05, 0.1) is 11.1 Å². The third-order valence-electron chi connectivity index (χ3n) is 1.20. The molecular weight excluding hydrogens is 239 g/mol. The molecule has 0 aromatic carbocycles. The van der Waals surface area contributed by atoms with Gasteiger partial charge in [-0.15, -0.1) is 22.9 Å². The topological polar surface area (TPSA) is 34.1 Å². The molecule has 0 amide bonds. The van der Waals surface area contributed by atoms with E-state index in [2.05, 4.69) is 0 Å². The second-order valence-corrected chi connectivity index (χ2v) is 6.52. The van der Waals surface area contributed by atoms with Gasteiger partial charge < -0.3 is 0 Å². The molecular formula is C6H6Cl2O2S2. The molecule has 0 aliphatic heterocycles. The van der Waals surface area contributed by atoms with Crippen LogP contribution in [0.2, 0.25) is 0 Å². The van der Waals surface area contributed by atoms with Crippen LogP contribution in [0.1, 0.15) is 10.3 Å². The minimum atomic E-state index is -3.50. The monoisotopic (exact) mass is 244 g/mol. The minimum absolute atomic E-state index is 0.226. The van der Waals surface area contributed by atoms with E-state index in [0.717, 1.165) is 4.88 Å². The summed E-state index contributed by atoms with van der Waals surface area (Å²) < 4.78 is 21.2. The van der Waals surface area contributed by atoms with Crippen LogP contribution in [0.25, 0.3) is 0 Å².